The van der Waals surface area contributed by atoms with E-state index >= 15 is 0 Å². The number of hydrogen-bond donors (Lipinski definition) is 2. The number of hydrogen-bond acceptors (Lipinski definition) is 6. The maximum absolute atomic E-state index is 13.5. The highest BCUT2D eigenvalue weighted by atomic mass is 16.5. The van der Waals surface area contributed by atoms with Crippen LogP contribution in [0.1, 0.15) is 49.9 Å². The Hall–Kier alpha value is -1.83. The largest absolute Gasteiger partial charge is 0.493 e. The van der Waals surface area contributed by atoms with Crippen molar-refractivity contribution < 1.29 is 19.0 Å². The molecule has 1 saturated heterocycles. The van der Waals surface area contributed by atoms with E-state index in [9.17, 15) is 4.79 Å². The van der Waals surface area contributed by atoms with Crippen LogP contribution in [-0.4, -0.2) is 76.5 Å². The maximum Gasteiger partial charge on any atom is 0.254 e. The van der Waals surface area contributed by atoms with Gasteiger partial charge in [-0.15, -0.1) is 0 Å². The van der Waals surface area contributed by atoms with Crippen LogP contribution < -0.4 is 20.1 Å². The molecule has 1 aromatic carbocycles. The first kappa shape index (κ1) is 24.8. The van der Waals surface area contributed by atoms with Crippen molar-refractivity contribution >= 4 is 5.91 Å². The molecular formula is C25H41N3O4. The maximum atomic E-state index is 13.5. The Bertz CT molecular complexity index is 723. The summed E-state index contributed by atoms with van der Waals surface area (Å²) in [6.07, 6.45) is 4.73. The molecule has 2 unspecified atom stereocenters. The van der Waals surface area contributed by atoms with Gasteiger partial charge >= 0.3 is 0 Å². The Morgan fingerprint density at radius 3 is 2.59 bits per heavy atom. The molecule has 3 rings (SSSR count). The van der Waals surface area contributed by atoms with Crippen LogP contribution in [0.15, 0.2) is 18.2 Å². The van der Waals surface area contributed by atoms with Gasteiger partial charge in [-0.25, -0.2) is 0 Å². The van der Waals surface area contributed by atoms with Crippen LogP contribution in [0.25, 0.3) is 0 Å². The fourth-order valence-corrected chi connectivity index (χ4v) is 4.42. The second kappa shape index (κ2) is 12.4. The molecule has 32 heavy (non-hydrogen) atoms. The number of ether oxygens (including phenoxy) is 3. The molecule has 1 amide bonds. The molecule has 7 heteroatoms. The molecule has 1 aromatic rings. The highest BCUT2D eigenvalue weighted by Crippen LogP contribution is 2.30. The van der Waals surface area contributed by atoms with E-state index in [0.717, 1.165) is 32.6 Å². The molecule has 2 N–H and O–H groups in total. The van der Waals surface area contributed by atoms with E-state index < -0.39 is 0 Å². The highest BCUT2D eigenvalue weighted by Gasteiger charge is 2.32. The van der Waals surface area contributed by atoms with Crippen molar-refractivity contribution in [3.63, 3.8) is 0 Å². The van der Waals surface area contributed by atoms with Crippen molar-refractivity contribution in [1.29, 1.82) is 0 Å². The number of amides is 1. The lowest BCUT2D eigenvalue weighted by molar-refractivity contribution is 0.0660. The van der Waals surface area contributed by atoms with Crippen molar-refractivity contribution in [2.45, 2.75) is 51.6 Å². The SMILES string of the molecule is COCCCOc1cc(C(=O)N(CC2CNCC2CNC2CCC2)C(C)C)ccc1OC. The average Bonchev–Trinajstić information content (AvgIpc) is 3.20. The van der Waals surface area contributed by atoms with Crippen molar-refractivity contribution in [2.24, 2.45) is 11.8 Å². The van der Waals surface area contributed by atoms with Gasteiger partial charge in [0.2, 0.25) is 0 Å². The lowest BCUT2D eigenvalue weighted by Gasteiger charge is -2.33. The minimum absolute atomic E-state index is 0.0435. The van der Waals surface area contributed by atoms with Crippen molar-refractivity contribution in [1.82, 2.24) is 15.5 Å². The van der Waals surface area contributed by atoms with Crippen molar-refractivity contribution in [3.8, 4) is 11.5 Å². The summed E-state index contributed by atoms with van der Waals surface area (Å²) in [7, 11) is 3.29. The summed E-state index contributed by atoms with van der Waals surface area (Å²) < 4.78 is 16.4. The quantitative estimate of drug-likeness (QED) is 0.453. The summed E-state index contributed by atoms with van der Waals surface area (Å²) in [5.74, 6) is 2.29. The number of methoxy groups -OCH3 is 2. The topological polar surface area (TPSA) is 72.1 Å². The lowest BCUT2D eigenvalue weighted by atomic mass is 9.90. The molecule has 1 aliphatic carbocycles. The van der Waals surface area contributed by atoms with E-state index in [0.29, 0.717) is 48.2 Å². The number of carbonyl (C=O) groups is 1. The fraction of sp³-hybridized carbons (Fsp3) is 0.720. The van der Waals surface area contributed by atoms with Gasteiger partial charge in [0.05, 0.1) is 13.7 Å². The van der Waals surface area contributed by atoms with Crippen LogP contribution in [-0.2, 0) is 4.74 Å². The summed E-state index contributed by atoms with van der Waals surface area (Å²) in [6.45, 7) is 9.10. The van der Waals surface area contributed by atoms with E-state index in [2.05, 4.69) is 24.5 Å². The molecule has 2 atom stereocenters. The normalized spacial score (nSPS) is 20.9. The van der Waals surface area contributed by atoms with Gasteiger partial charge in [-0.3, -0.25) is 4.79 Å². The van der Waals surface area contributed by atoms with Crippen LogP contribution >= 0.6 is 0 Å². The van der Waals surface area contributed by atoms with Gasteiger partial charge in [0, 0.05) is 50.9 Å². The third-order valence-corrected chi connectivity index (χ3v) is 6.73. The first-order valence-electron chi connectivity index (χ1n) is 12.1. The molecule has 1 heterocycles. The summed E-state index contributed by atoms with van der Waals surface area (Å²) >= 11 is 0. The van der Waals surface area contributed by atoms with Crippen LogP contribution in [0.2, 0.25) is 0 Å². The van der Waals surface area contributed by atoms with E-state index in [1.54, 1.807) is 14.2 Å². The monoisotopic (exact) mass is 447 g/mol. The smallest absolute Gasteiger partial charge is 0.254 e. The highest BCUT2D eigenvalue weighted by molar-refractivity contribution is 5.95. The van der Waals surface area contributed by atoms with Gasteiger partial charge in [0.25, 0.3) is 5.91 Å². The molecule has 180 valence electrons. The lowest BCUT2D eigenvalue weighted by Crippen LogP contribution is -2.44. The summed E-state index contributed by atoms with van der Waals surface area (Å²) in [4.78, 5) is 15.5. The number of rotatable bonds is 13. The Balaban J connectivity index is 1.65. The number of benzene rings is 1. The zero-order valence-electron chi connectivity index (χ0n) is 20.2. The molecule has 1 saturated carbocycles. The molecule has 0 bridgehead atoms. The first-order chi connectivity index (χ1) is 15.5. The van der Waals surface area contributed by atoms with Gasteiger partial charge in [0.15, 0.2) is 11.5 Å². The first-order valence-corrected chi connectivity index (χ1v) is 12.1. The predicted molar refractivity (Wildman–Crippen MR) is 127 cm³/mol. The molecule has 2 aliphatic rings. The van der Waals surface area contributed by atoms with Crippen LogP contribution in [0.5, 0.6) is 11.5 Å². The standard InChI is InChI=1S/C25H41N3O4/c1-18(2)28(17-21-15-26-14-20(21)16-27-22-7-5-8-22)25(29)19-9-10-23(31-4)24(13-19)32-12-6-11-30-3/h9-10,13,18,20-22,26-27H,5-8,11-12,14-17H2,1-4H3. The molecule has 1 aliphatic heterocycles. The predicted octanol–water partition coefficient (Wildman–Crippen LogP) is 2.94. The van der Waals surface area contributed by atoms with Crippen LogP contribution in [0.4, 0.5) is 0 Å². The molecular weight excluding hydrogens is 406 g/mol. The number of nitrogens with zero attached hydrogens (tertiary/aromatic N) is 1. The van der Waals surface area contributed by atoms with Gasteiger partial charge in [0.1, 0.15) is 0 Å². The van der Waals surface area contributed by atoms with E-state index in [1.807, 2.05) is 23.1 Å². The average molecular weight is 448 g/mol. The van der Waals surface area contributed by atoms with Crippen LogP contribution in [0.3, 0.4) is 0 Å². The third-order valence-electron chi connectivity index (χ3n) is 6.73. The van der Waals surface area contributed by atoms with Gasteiger partial charge < -0.3 is 29.7 Å². The Labute approximate surface area is 193 Å². The van der Waals surface area contributed by atoms with E-state index in [4.69, 9.17) is 14.2 Å². The van der Waals surface area contributed by atoms with Gasteiger partial charge in [-0.1, -0.05) is 6.42 Å². The van der Waals surface area contributed by atoms with E-state index in [1.165, 1.54) is 19.3 Å². The molecule has 0 spiro atoms. The molecule has 0 aromatic heterocycles. The second-order valence-electron chi connectivity index (χ2n) is 9.33. The van der Waals surface area contributed by atoms with Crippen molar-refractivity contribution in [2.75, 3.05) is 53.6 Å². The minimum Gasteiger partial charge on any atom is -0.493 e. The zero-order chi connectivity index (χ0) is 22.9. The van der Waals surface area contributed by atoms with Gasteiger partial charge in [-0.2, -0.15) is 0 Å². The number of nitrogens with one attached hydrogen (secondary N) is 2. The summed E-state index contributed by atoms with van der Waals surface area (Å²) in [6, 6.07) is 6.28. The Morgan fingerprint density at radius 2 is 1.94 bits per heavy atom. The van der Waals surface area contributed by atoms with E-state index in [-0.39, 0.29) is 11.9 Å². The zero-order valence-corrected chi connectivity index (χ0v) is 20.2. The molecule has 0 radical (unpaired) electrons. The summed E-state index contributed by atoms with van der Waals surface area (Å²) in [5.41, 5.74) is 0.636. The third kappa shape index (κ3) is 6.59. The van der Waals surface area contributed by atoms with Crippen LogP contribution in [0, 0.1) is 11.8 Å². The Morgan fingerprint density at radius 1 is 1.16 bits per heavy atom. The summed E-state index contributed by atoms with van der Waals surface area (Å²) in [5, 5.41) is 7.26. The number of carbonyl (C=O) groups excluding carboxylic acids is 1. The van der Waals surface area contributed by atoms with Crippen molar-refractivity contribution in [3.05, 3.63) is 23.8 Å². The Kier molecular flexibility index (Phi) is 9.63. The van der Waals surface area contributed by atoms with Gasteiger partial charge in [-0.05, 0) is 69.8 Å². The second-order valence-corrected chi connectivity index (χ2v) is 9.33. The minimum atomic E-state index is 0.0435. The fourth-order valence-electron chi connectivity index (χ4n) is 4.42. The molecule has 7 nitrogen and oxygen atoms in total. The molecule has 2 fully saturated rings.